The zero-order valence-electron chi connectivity index (χ0n) is 21.8. The Balaban J connectivity index is 1.44. The van der Waals surface area contributed by atoms with Gasteiger partial charge in [-0.25, -0.2) is 4.79 Å². The largest absolute Gasteiger partial charge is 0.488 e. The van der Waals surface area contributed by atoms with Gasteiger partial charge in [0.1, 0.15) is 18.4 Å². The van der Waals surface area contributed by atoms with Crippen molar-refractivity contribution in [1.82, 2.24) is 4.90 Å². The number of carbonyl (C=O) groups excluding carboxylic acids is 1. The van der Waals surface area contributed by atoms with E-state index in [0.29, 0.717) is 12.4 Å². The van der Waals surface area contributed by atoms with E-state index in [0.717, 1.165) is 53.5 Å². The average Bonchev–Trinajstić information content (AvgIpc) is 2.96. The number of fused-ring (bicyclic) bond motifs is 1. The Labute approximate surface area is 224 Å². The van der Waals surface area contributed by atoms with Gasteiger partial charge in [0.25, 0.3) is 5.91 Å². The fraction of sp³-hybridized carbons (Fsp3) is 0.375. The minimum Gasteiger partial charge on any atom is -0.488 e. The summed E-state index contributed by atoms with van der Waals surface area (Å²) in [5.41, 5.74) is 4.52. The molecule has 0 spiro atoms. The quantitative estimate of drug-likeness (QED) is 0.400. The van der Waals surface area contributed by atoms with Crippen molar-refractivity contribution in [3.05, 3.63) is 101 Å². The monoisotopic (exact) mass is 513 g/mol. The molecule has 0 aromatic heterocycles. The lowest BCUT2D eigenvalue weighted by atomic mass is 9.90. The zero-order chi connectivity index (χ0) is 26.5. The number of carbonyl (C=O) groups is 2. The molecule has 38 heavy (non-hydrogen) atoms. The number of hydrogen-bond donors (Lipinski definition) is 1. The number of aliphatic carboxylic acids is 1. The third-order valence-corrected chi connectivity index (χ3v) is 7.67. The number of carboxylic acids is 1. The minimum atomic E-state index is -1.02. The summed E-state index contributed by atoms with van der Waals surface area (Å²) in [6.07, 6.45) is 4.54. The molecule has 0 radical (unpaired) electrons. The first-order chi connectivity index (χ1) is 18.5. The zero-order valence-corrected chi connectivity index (χ0v) is 21.8. The highest BCUT2D eigenvalue weighted by atomic mass is 16.5. The molecule has 1 N–H and O–H groups in total. The number of aryl methyl sites for hydroxylation is 1. The van der Waals surface area contributed by atoms with Crippen molar-refractivity contribution < 1.29 is 24.2 Å². The Morgan fingerprint density at radius 3 is 2.32 bits per heavy atom. The Kier molecular flexibility index (Phi) is 8.08. The third-order valence-electron chi connectivity index (χ3n) is 7.67. The van der Waals surface area contributed by atoms with E-state index in [4.69, 9.17) is 9.47 Å². The fourth-order valence-corrected chi connectivity index (χ4v) is 5.59. The molecule has 3 aromatic rings. The molecule has 2 aliphatic rings. The summed E-state index contributed by atoms with van der Waals surface area (Å²) in [5.74, 6) is -0.612. The van der Waals surface area contributed by atoms with Gasteiger partial charge in [-0.3, -0.25) is 4.79 Å². The van der Waals surface area contributed by atoms with Gasteiger partial charge in [0.15, 0.2) is 6.10 Å². The van der Waals surface area contributed by atoms with Crippen LogP contribution < -0.4 is 4.74 Å². The Morgan fingerprint density at radius 2 is 1.63 bits per heavy atom. The summed E-state index contributed by atoms with van der Waals surface area (Å²) < 4.78 is 12.7. The van der Waals surface area contributed by atoms with Crippen molar-refractivity contribution in [3.8, 4) is 5.75 Å². The van der Waals surface area contributed by atoms with Gasteiger partial charge >= 0.3 is 5.97 Å². The van der Waals surface area contributed by atoms with Crippen LogP contribution in [0.25, 0.3) is 0 Å². The maximum Gasteiger partial charge on any atom is 0.326 e. The molecule has 1 aliphatic heterocycles. The van der Waals surface area contributed by atoms with Crippen LogP contribution in [0, 0.1) is 6.92 Å². The van der Waals surface area contributed by atoms with Crippen LogP contribution in [0.1, 0.15) is 66.0 Å². The maximum atomic E-state index is 14.1. The molecule has 0 saturated heterocycles. The lowest BCUT2D eigenvalue weighted by Crippen LogP contribution is -2.51. The van der Waals surface area contributed by atoms with E-state index >= 15 is 0 Å². The van der Waals surface area contributed by atoms with E-state index in [2.05, 4.69) is 0 Å². The van der Waals surface area contributed by atoms with Gasteiger partial charge in [-0.05, 0) is 42.0 Å². The van der Waals surface area contributed by atoms with E-state index in [1.165, 1.54) is 11.3 Å². The van der Waals surface area contributed by atoms with E-state index in [9.17, 15) is 14.7 Å². The van der Waals surface area contributed by atoms with Crippen molar-refractivity contribution in [3.63, 3.8) is 0 Å². The van der Waals surface area contributed by atoms with Crippen molar-refractivity contribution in [2.75, 3.05) is 0 Å². The van der Waals surface area contributed by atoms with Crippen LogP contribution >= 0.6 is 0 Å². The van der Waals surface area contributed by atoms with E-state index in [1.54, 1.807) is 0 Å². The van der Waals surface area contributed by atoms with Crippen molar-refractivity contribution in [1.29, 1.82) is 0 Å². The maximum absolute atomic E-state index is 14.1. The molecule has 198 valence electrons. The molecular weight excluding hydrogens is 478 g/mol. The van der Waals surface area contributed by atoms with E-state index in [1.807, 2.05) is 79.7 Å². The van der Waals surface area contributed by atoms with Gasteiger partial charge in [0.05, 0.1) is 6.10 Å². The van der Waals surface area contributed by atoms with Crippen LogP contribution in [0.5, 0.6) is 5.75 Å². The molecule has 0 bridgehead atoms. The molecule has 2 atom stereocenters. The summed E-state index contributed by atoms with van der Waals surface area (Å²) in [4.78, 5) is 28.1. The number of hydrogen-bond acceptors (Lipinski definition) is 4. The summed E-state index contributed by atoms with van der Waals surface area (Å²) in [7, 11) is 0. The normalized spacial score (nSPS) is 18.4. The first-order valence-electron chi connectivity index (χ1n) is 13.5. The van der Waals surface area contributed by atoms with E-state index in [-0.39, 0.29) is 25.0 Å². The molecule has 1 amide bonds. The fourth-order valence-electron chi connectivity index (χ4n) is 5.59. The van der Waals surface area contributed by atoms with Crippen LogP contribution in [0.2, 0.25) is 0 Å². The number of amides is 1. The molecule has 0 unspecified atom stereocenters. The number of rotatable bonds is 8. The van der Waals surface area contributed by atoms with Crippen molar-refractivity contribution in [2.45, 2.75) is 76.9 Å². The molecule has 1 aliphatic carbocycles. The van der Waals surface area contributed by atoms with Gasteiger partial charge in [-0.15, -0.1) is 0 Å². The second kappa shape index (κ2) is 11.8. The minimum absolute atomic E-state index is 0.00102. The molecule has 1 heterocycles. The SMILES string of the molecule is Cc1ccc2c(c1OCc1ccccc1)C[C@H](C(=O)O)N(C(=O)[C@@H](OC1CCCCC1)c1ccccc1)C2. The Hall–Kier alpha value is -3.64. The summed E-state index contributed by atoms with van der Waals surface area (Å²) >= 11 is 0. The Bertz CT molecular complexity index is 1250. The molecule has 6 heteroatoms. The molecule has 6 nitrogen and oxygen atoms in total. The molecule has 3 aromatic carbocycles. The smallest absolute Gasteiger partial charge is 0.326 e. The van der Waals surface area contributed by atoms with E-state index < -0.39 is 18.1 Å². The van der Waals surface area contributed by atoms with Gasteiger partial charge in [0.2, 0.25) is 0 Å². The second-order valence-corrected chi connectivity index (χ2v) is 10.3. The highest BCUT2D eigenvalue weighted by molar-refractivity contribution is 5.88. The highest BCUT2D eigenvalue weighted by Crippen LogP contribution is 2.37. The number of benzene rings is 3. The molecule has 1 saturated carbocycles. The lowest BCUT2D eigenvalue weighted by molar-refractivity contribution is -0.161. The summed E-state index contributed by atoms with van der Waals surface area (Å²) in [6, 6.07) is 22.3. The van der Waals surface area contributed by atoms with Crippen LogP contribution in [0.4, 0.5) is 0 Å². The van der Waals surface area contributed by atoms with Gasteiger partial charge in [-0.1, -0.05) is 92.1 Å². The van der Waals surface area contributed by atoms with Crippen LogP contribution in [0.3, 0.4) is 0 Å². The van der Waals surface area contributed by atoms with Crippen LogP contribution in [-0.2, 0) is 33.9 Å². The van der Waals surface area contributed by atoms with Crippen molar-refractivity contribution in [2.24, 2.45) is 0 Å². The van der Waals surface area contributed by atoms with Crippen LogP contribution in [-0.4, -0.2) is 34.0 Å². The van der Waals surface area contributed by atoms with Gasteiger partial charge in [0, 0.05) is 18.5 Å². The second-order valence-electron chi connectivity index (χ2n) is 10.3. The van der Waals surface area contributed by atoms with Gasteiger partial charge < -0.3 is 19.5 Å². The predicted octanol–water partition coefficient (Wildman–Crippen LogP) is 6.00. The van der Waals surface area contributed by atoms with Gasteiger partial charge in [-0.2, -0.15) is 0 Å². The van der Waals surface area contributed by atoms with Crippen LogP contribution in [0.15, 0.2) is 72.8 Å². The lowest BCUT2D eigenvalue weighted by Gasteiger charge is -2.38. The first-order valence-corrected chi connectivity index (χ1v) is 13.5. The average molecular weight is 514 g/mol. The number of ether oxygens (including phenoxy) is 2. The number of nitrogens with zero attached hydrogens (tertiary/aromatic N) is 1. The van der Waals surface area contributed by atoms with Crippen molar-refractivity contribution >= 4 is 11.9 Å². The summed E-state index contributed by atoms with van der Waals surface area (Å²) in [6.45, 7) is 2.56. The topological polar surface area (TPSA) is 76.1 Å². The summed E-state index contributed by atoms with van der Waals surface area (Å²) in [5, 5.41) is 10.2. The number of carboxylic acid groups (broad SMARTS) is 1. The molecule has 5 rings (SSSR count). The third kappa shape index (κ3) is 5.76. The Morgan fingerprint density at radius 1 is 0.947 bits per heavy atom. The molecule has 1 fully saturated rings. The predicted molar refractivity (Wildman–Crippen MR) is 145 cm³/mol. The highest BCUT2D eigenvalue weighted by Gasteiger charge is 2.40. The standard InChI is InChI=1S/C32H35NO5/c1-22-17-18-25-20-33(28(32(35)36)19-27(25)29(22)37-21-23-11-5-2-6-12-23)31(34)30(24-13-7-3-8-14-24)38-26-15-9-4-10-16-26/h2-3,5-8,11-14,17-18,26,28,30H,4,9-10,15-16,19-21H2,1H3,(H,35,36)/t28-,30+/m1/s1. The molecular formula is C32H35NO5. The first kappa shape index (κ1) is 26.0.